The van der Waals surface area contributed by atoms with E-state index in [9.17, 15) is 29.1 Å². The van der Waals surface area contributed by atoms with Crippen LogP contribution in [-0.2, 0) is 19.2 Å². The number of aromatic hydroxyl groups is 1. The summed E-state index contributed by atoms with van der Waals surface area (Å²) in [5.41, 5.74) is 2.11. The number of alkyl halides is 3. The van der Waals surface area contributed by atoms with E-state index in [1.807, 2.05) is 12.1 Å². The number of hydrogen-bond acceptors (Lipinski definition) is 7. The molecule has 4 aliphatic rings. The molecule has 3 aromatic rings. The number of allylic oxidation sites excluding steroid dienone is 2. The van der Waals surface area contributed by atoms with Crippen molar-refractivity contribution < 1.29 is 33.8 Å². The highest BCUT2D eigenvalue weighted by molar-refractivity contribution is 9.10. The Balaban J connectivity index is 1.30. The summed E-state index contributed by atoms with van der Waals surface area (Å²) < 4.78 is 5.65. The lowest BCUT2D eigenvalue weighted by Gasteiger charge is -2.50. The number of carbonyl (C=O) groups excluding carboxylic acids is 5. The van der Waals surface area contributed by atoms with E-state index >= 15 is 0 Å². The van der Waals surface area contributed by atoms with Gasteiger partial charge in [0.15, 0.2) is 27.0 Å². The molecule has 2 saturated heterocycles. The van der Waals surface area contributed by atoms with Crippen LogP contribution in [0.5, 0.6) is 11.5 Å². The molecular weight excluding hydrogens is 791 g/mol. The number of hydrogen-bond donors (Lipinski definition) is 1. The molecule has 1 N–H and O–H groups in total. The summed E-state index contributed by atoms with van der Waals surface area (Å²) in [4.78, 5) is 67.3. The van der Waals surface area contributed by atoms with Crippen LogP contribution in [0.3, 0.4) is 0 Å². The van der Waals surface area contributed by atoms with Gasteiger partial charge in [0.25, 0.3) is 11.8 Å². The number of ether oxygens (including phenoxy) is 1. The maximum atomic E-state index is 14.3. The van der Waals surface area contributed by atoms with Gasteiger partial charge in [-0.2, -0.15) is 0 Å². The van der Waals surface area contributed by atoms with Crippen LogP contribution in [0.4, 0.5) is 5.69 Å². The van der Waals surface area contributed by atoms with Gasteiger partial charge in [0.1, 0.15) is 0 Å². The maximum Gasteiger partial charge on any atom is 0.254 e. The van der Waals surface area contributed by atoms with Crippen molar-refractivity contribution in [3.05, 3.63) is 99.5 Å². The van der Waals surface area contributed by atoms with Gasteiger partial charge in [-0.25, -0.2) is 0 Å². The number of benzene rings is 3. The predicted octanol–water partition coefficient (Wildman–Crippen LogP) is 6.31. The molecule has 3 aromatic carbocycles. The highest BCUT2D eigenvalue weighted by atomic mass is 79.9. The van der Waals surface area contributed by atoms with Crippen LogP contribution < -0.4 is 9.64 Å². The van der Waals surface area contributed by atoms with Crippen molar-refractivity contribution in [2.24, 2.45) is 17.8 Å². The molecule has 6 atom stereocenters. The molecule has 0 radical (unpaired) electrons. The lowest BCUT2D eigenvalue weighted by atomic mass is 9.56. The molecule has 9 nitrogen and oxygen atoms in total. The first-order valence-electron chi connectivity index (χ1n) is 15.0. The largest absolute Gasteiger partial charge is 0.503 e. The van der Waals surface area contributed by atoms with Crippen LogP contribution in [0.25, 0.3) is 0 Å². The molecule has 4 amide bonds. The van der Waals surface area contributed by atoms with Crippen molar-refractivity contribution in [1.29, 1.82) is 0 Å². The van der Waals surface area contributed by atoms with E-state index in [0.717, 1.165) is 9.80 Å². The van der Waals surface area contributed by atoms with Crippen LogP contribution in [-0.4, -0.2) is 61.7 Å². The average Bonchev–Trinajstić information content (AvgIpc) is 3.43. The van der Waals surface area contributed by atoms with E-state index in [4.69, 9.17) is 27.9 Å². The number of ketones is 1. The number of phenolic OH excluding ortho intramolecular Hbond substituents is 1. The Hall–Kier alpha value is -3.51. The number of likely N-dealkylation sites (tertiary alicyclic amines) is 1. The van der Waals surface area contributed by atoms with Gasteiger partial charge in [-0.1, -0.05) is 57.9 Å². The molecule has 13 heteroatoms. The second kappa shape index (κ2) is 11.8. The van der Waals surface area contributed by atoms with Crippen LogP contribution in [0.1, 0.15) is 40.2 Å². The molecule has 0 spiro atoms. The summed E-state index contributed by atoms with van der Waals surface area (Å²) in [5.74, 6) is -5.96. The SMILES string of the molecule is COc1cc([C@H]2C3=CC[C@@H]4C(=O)N(c5ccc(C(=O)c6ccccc6)cc5)C(=O)[C@@H]4[C@@H]3C[C@@]3(Cl)C(=O)N(CBr)C(=O)[C@@]23Cl)cc(Br)c1O. The number of imide groups is 2. The fourth-order valence-electron chi connectivity index (χ4n) is 7.82. The Morgan fingerprint density at radius 3 is 2.27 bits per heavy atom. The summed E-state index contributed by atoms with van der Waals surface area (Å²) >= 11 is 21.2. The number of anilines is 1. The molecule has 48 heavy (non-hydrogen) atoms. The quantitative estimate of drug-likeness (QED) is 0.102. The van der Waals surface area contributed by atoms with Gasteiger partial charge >= 0.3 is 0 Å². The lowest BCUT2D eigenvalue weighted by molar-refractivity contribution is -0.138. The third-order valence-electron chi connectivity index (χ3n) is 10.0. The number of carbonyl (C=O) groups is 5. The predicted molar refractivity (Wildman–Crippen MR) is 185 cm³/mol. The summed E-state index contributed by atoms with van der Waals surface area (Å²) in [6.07, 6.45) is 1.85. The number of methoxy groups -OCH3 is 1. The van der Waals surface area contributed by atoms with E-state index < -0.39 is 57.0 Å². The second-order valence-corrected chi connectivity index (χ2v) is 14.9. The fourth-order valence-corrected chi connectivity index (χ4v) is 9.70. The Kier molecular flexibility index (Phi) is 8.13. The standard InChI is InChI=1S/C35H26Br2Cl2N2O7/c1-48-25-14-19(13-24(37)29(25)43)27-21-11-12-22-26(23(21)15-34(38)32(46)40(16-36)33(47)35(27,34)39)31(45)41(30(22)44)20-9-7-18(8-10-20)28(42)17-5-3-2-4-6-17/h2-11,13-14,22-23,26-27,43H,12,15-16H2,1H3/t22-,23+,26-,27-,34+,35-/m0/s1. The average molecular weight is 817 g/mol. The Labute approximate surface area is 302 Å². The summed E-state index contributed by atoms with van der Waals surface area (Å²) in [7, 11) is 1.38. The molecule has 3 fully saturated rings. The third-order valence-corrected chi connectivity index (χ3v) is 12.6. The van der Waals surface area contributed by atoms with Crippen molar-refractivity contribution in [3.8, 4) is 11.5 Å². The molecule has 0 unspecified atom stereocenters. The minimum absolute atomic E-state index is 0.0952. The Morgan fingerprint density at radius 2 is 1.62 bits per heavy atom. The zero-order chi connectivity index (χ0) is 34.3. The van der Waals surface area contributed by atoms with Crippen molar-refractivity contribution in [2.75, 3.05) is 17.5 Å². The first-order chi connectivity index (χ1) is 22.9. The van der Waals surface area contributed by atoms with Crippen LogP contribution in [0, 0.1) is 17.8 Å². The van der Waals surface area contributed by atoms with E-state index in [-0.39, 0.29) is 40.1 Å². The Bertz CT molecular complexity index is 1960. The molecular formula is C35H26Br2Cl2N2O7. The number of halogens is 4. The van der Waals surface area contributed by atoms with Gasteiger partial charge in [-0.3, -0.25) is 33.8 Å². The molecule has 1 saturated carbocycles. The van der Waals surface area contributed by atoms with Gasteiger partial charge in [0, 0.05) is 17.0 Å². The minimum atomic E-state index is -2.00. The molecule has 0 aromatic heterocycles. The highest BCUT2D eigenvalue weighted by Gasteiger charge is 2.76. The van der Waals surface area contributed by atoms with E-state index in [0.29, 0.717) is 28.0 Å². The highest BCUT2D eigenvalue weighted by Crippen LogP contribution is 2.66. The summed E-state index contributed by atoms with van der Waals surface area (Å²) in [6, 6.07) is 18.2. The summed E-state index contributed by atoms with van der Waals surface area (Å²) in [6.45, 7) is 0. The molecule has 7 rings (SSSR count). The minimum Gasteiger partial charge on any atom is -0.503 e. The van der Waals surface area contributed by atoms with Gasteiger partial charge in [-0.15, -0.1) is 23.2 Å². The van der Waals surface area contributed by atoms with E-state index in [1.165, 1.54) is 13.2 Å². The van der Waals surface area contributed by atoms with Crippen molar-refractivity contribution >= 4 is 90.2 Å². The normalized spacial score (nSPS) is 29.4. The number of phenols is 1. The molecule has 2 aliphatic carbocycles. The van der Waals surface area contributed by atoms with Gasteiger partial charge < -0.3 is 9.84 Å². The van der Waals surface area contributed by atoms with E-state index in [1.54, 1.807) is 54.6 Å². The monoisotopic (exact) mass is 814 g/mol. The number of rotatable bonds is 6. The molecule has 0 bridgehead atoms. The van der Waals surface area contributed by atoms with Crippen molar-refractivity contribution in [1.82, 2.24) is 4.90 Å². The zero-order valence-corrected chi connectivity index (χ0v) is 29.8. The topological polar surface area (TPSA) is 121 Å². The van der Waals surface area contributed by atoms with Crippen molar-refractivity contribution in [2.45, 2.75) is 28.5 Å². The first kappa shape index (κ1) is 33.0. The number of nitrogens with zero attached hydrogens (tertiary/aromatic N) is 2. The van der Waals surface area contributed by atoms with Crippen LogP contribution in [0.2, 0.25) is 0 Å². The fraction of sp³-hybridized carbons (Fsp3) is 0.286. The van der Waals surface area contributed by atoms with E-state index in [2.05, 4.69) is 31.9 Å². The number of amides is 4. The zero-order valence-electron chi connectivity index (χ0n) is 25.2. The van der Waals surface area contributed by atoms with Crippen LogP contribution in [0.15, 0.2) is 82.9 Å². The Morgan fingerprint density at radius 1 is 0.958 bits per heavy atom. The smallest absolute Gasteiger partial charge is 0.254 e. The molecule has 246 valence electrons. The number of fused-ring (bicyclic) bond motifs is 4. The first-order valence-corrected chi connectivity index (χ1v) is 17.7. The van der Waals surface area contributed by atoms with Gasteiger partial charge in [0.2, 0.25) is 11.8 Å². The third kappa shape index (κ3) is 4.50. The summed E-state index contributed by atoms with van der Waals surface area (Å²) in [5, 5.41) is 10.6. The van der Waals surface area contributed by atoms with Gasteiger partial charge in [0.05, 0.1) is 34.6 Å². The molecule has 2 heterocycles. The second-order valence-electron chi connectivity index (χ2n) is 12.3. The van der Waals surface area contributed by atoms with Gasteiger partial charge in [-0.05, 0) is 76.7 Å². The molecule has 2 aliphatic heterocycles. The lowest BCUT2D eigenvalue weighted by Crippen LogP contribution is -2.60. The maximum absolute atomic E-state index is 14.3. The van der Waals surface area contributed by atoms with Crippen molar-refractivity contribution in [3.63, 3.8) is 0 Å². The van der Waals surface area contributed by atoms with Crippen LogP contribution >= 0.6 is 55.1 Å².